The molecule has 0 radical (unpaired) electrons. The maximum Gasteiger partial charge on any atom is 0.335 e. The zero-order valence-electron chi connectivity index (χ0n) is 25.9. The summed E-state index contributed by atoms with van der Waals surface area (Å²) in [6.45, 7) is 17.1. The average Bonchev–Trinajstić information content (AvgIpc) is 2.96. The number of hydrogen-bond acceptors (Lipinski definition) is 4. The van der Waals surface area contributed by atoms with Crippen molar-refractivity contribution in [1.29, 1.82) is 0 Å². The molecule has 0 aromatic heterocycles. The fourth-order valence-corrected chi connectivity index (χ4v) is 6.48. The summed E-state index contributed by atoms with van der Waals surface area (Å²) in [5.74, 6) is 3.08. The predicted octanol–water partition coefficient (Wildman–Crippen LogP) is 9.05. The molecule has 2 saturated carbocycles. The summed E-state index contributed by atoms with van der Waals surface area (Å²) in [7, 11) is 0. The highest BCUT2D eigenvalue weighted by Crippen LogP contribution is 2.44. The number of carbonyl (C=O) groups is 1. The Labute approximate surface area is 236 Å². The number of allylic oxidation sites excluding steroid dienone is 1. The first-order valence-corrected chi connectivity index (χ1v) is 16.0. The molecule has 0 bridgehead atoms. The topological polar surface area (TPSA) is 66.8 Å². The van der Waals surface area contributed by atoms with E-state index in [0.717, 1.165) is 49.4 Å². The number of rotatable bonds is 15. The molecule has 1 atom stereocenters. The van der Waals surface area contributed by atoms with Gasteiger partial charge in [-0.1, -0.05) is 98.1 Å². The van der Waals surface area contributed by atoms with Crippen molar-refractivity contribution in [3.8, 4) is 0 Å². The van der Waals surface area contributed by atoms with Gasteiger partial charge in [-0.15, -0.1) is 6.58 Å². The van der Waals surface area contributed by atoms with Gasteiger partial charge in [0.25, 0.3) is 0 Å². The highest BCUT2D eigenvalue weighted by atomic mass is 16.5. The van der Waals surface area contributed by atoms with Crippen LogP contribution in [-0.4, -0.2) is 36.0 Å². The van der Waals surface area contributed by atoms with Gasteiger partial charge >= 0.3 is 5.97 Å². The second-order valence-corrected chi connectivity index (χ2v) is 11.8. The molecule has 0 aliphatic heterocycles. The van der Waals surface area contributed by atoms with Crippen LogP contribution in [0, 0.1) is 29.1 Å². The first kappa shape index (κ1) is 36.9. The third kappa shape index (κ3) is 14.3. The van der Waals surface area contributed by atoms with Gasteiger partial charge in [0, 0.05) is 5.41 Å². The van der Waals surface area contributed by atoms with Crippen molar-refractivity contribution in [3.63, 3.8) is 0 Å². The SMILES string of the molecule is C=C(CO)C(=O)OCC(CO)(CCC)CCC1CCC(C2CCC(CCCCC)CC2)CC1.C=CC.CC. The van der Waals surface area contributed by atoms with Gasteiger partial charge in [-0.2, -0.15) is 0 Å². The third-order valence-electron chi connectivity index (χ3n) is 8.85. The first-order valence-electron chi connectivity index (χ1n) is 16.0. The Hall–Kier alpha value is -1.13. The van der Waals surface area contributed by atoms with Crippen molar-refractivity contribution in [2.24, 2.45) is 29.1 Å². The van der Waals surface area contributed by atoms with Crippen molar-refractivity contribution in [2.45, 2.75) is 137 Å². The molecule has 0 spiro atoms. The maximum absolute atomic E-state index is 12.0. The second kappa shape index (κ2) is 22.7. The van der Waals surface area contributed by atoms with Gasteiger partial charge in [-0.3, -0.25) is 0 Å². The molecule has 0 aromatic rings. The lowest BCUT2D eigenvalue weighted by atomic mass is 9.67. The van der Waals surface area contributed by atoms with E-state index in [2.05, 4.69) is 27.0 Å². The third-order valence-corrected chi connectivity index (χ3v) is 8.85. The summed E-state index contributed by atoms with van der Waals surface area (Å²) in [4.78, 5) is 12.0. The van der Waals surface area contributed by atoms with Crippen LogP contribution in [0.3, 0.4) is 0 Å². The number of unbranched alkanes of at least 4 members (excludes halogenated alkanes) is 2. The number of aliphatic hydroxyl groups is 2. The molecule has 2 aliphatic carbocycles. The number of ether oxygens (including phenoxy) is 1. The van der Waals surface area contributed by atoms with Crippen LogP contribution in [-0.2, 0) is 9.53 Å². The van der Waals surface area contributed by atoms with Crippen LogP contribution in [0.2, 0.25) is 0 Å². The molecule has 2 aliphatic rings. The van der Waals surface area contributed by atoms with Crippen LogP contribution in [0.25, 0.3) is 0 Å². The maximum atomic E-state index is 12.0. The predicted molar refractivity (Wildman–Crippen MR) is 163 cm³/mol. The van der Waals surface area contributed by atoms with E-state index in [1.54, 1.807) is 6.08 Å². The zero-order valence-corrected chi connectivity index (χ0v) is 25.9. The molecular formula is C34H64O4. The van der Waals surface area contributed by atoms with Crippen LogP contribution < -0.4 is 0 Å². The summed E-state index contributed by atoms with van der Waals surface area (Å²) in [5.41, 5.74) is -0.292. The molecular weight excluding hydrogens is 472 g/mol. The minimum absolute atomic E-state index is 0.0383. The minimum atomic E-state index is -0.549. The number of aliphatic hydroxyl groups excluding tert-OH is 2. The molecule has 2 N–H and O–H groups in total. The van der Waals surface area contributed by atoms with Gasteiger partial charge in [-0.25, -0.2) is 4.79 Å². The van der Waals surface area contributed by atoms with E-state index in [1.807, 2.05) is 20.8 Å². The van der Waals surface area contributed by atoms with Crippen LogP contribution >= 0.6 is 0 Å². The van der Waals surface area contributed by atoms with E-state index >= 15 is 0 Å². The second-order valence-electron chi connectivity index (χ2n) is 11.8. The molecule has 4 heteroatoms. The molecule has 1 unspecified atom stereocenters. The lowest BCUT2D eigenvalue weighted by molar-refractivity contribution is -0.144. The molecule has 0 saturated heterocycles. The Morgan fingerprint density at radius 3 is 1.79 bits per heavy atom. The Morgan fingerprint density at radius 1 is 0.868 bits per heavy atom. The lowest BCUT2D eigenvalue weighted by Crippen LogP contribution is -2.34. The molecule has 38 heavy (non-hydrogen) atoms. The Kier molecular flexibility index (Phi) is 22.0. The van der Waals surface area contributed by atoms with Crippen LogP contribution in [0.5, 0.6) is 0 Å². The largest absolute Gasteiger partial charge is 0.462 e. The van der Waals surface area contributed by atoms with Crippen molar-refractivity contribution in [2.75, 3.05) is 19.8 Å². The quantitative estimate of drug-likeness (QED) is 0.0948. The number of esters is 1. The normalized spacial score (nSPS) is 24.5. The summed E-state index contributed by atoms with van der Waals surface area (Å²) in [6, 6.07) is 0. The molecule has 0 amide bonds. The Morgan fingerprint density at radius 2 is 1.37 bits per heavy atom. The monoisotopic (exact) mass is 536 g/mol. The summed E-state index contributed by atoms with van der Waals surface area (Å²) in [5, 5.41) is 19.3. The fraction of sp³-hybridized carbons (Fsp3) is 0.853. The lowest BCUT2D eigenvalue weighted by Gasteiger charge is -2.39. The summed E-state index contributed by atoms with van der Waals surface area (Å²) in [6.07, 6.45) is 22.4. The molecule has 0 aromatic carbocycles. The highest BCUT2D eigenvalue weighted by molar-refractivity contribution is 5.87. The first-order chi connectivity index (χ1) is 18.4. The van der Waals surface area contributed by atoms with Crippen molar-refractivity contribution in [3.05, 3.63) is 24.8 Å². The Balaban J connectivity index is 0.00000255. The van der Waals surface area contributed by atoms with Gasteiger partial charge in [-0.05, 0) is 75.5 Å². The highest BCUT2D eigenvalue weighted by Gasteiger charge is 2.34. The van der Waals surface area contributed by atoms with Gasteiger partial charge in [0.05, 0.1) is 25.4 Å². The van der Waals surface area contributed by atoms with Crippen LogP contribution in [0.1, 0.15) is 137 Å². The summed E-state index contributed by atoms with van der Waals surface area (Å²) < 4.78 is 5.42. The number of hydrogen-bond donors (Lipinski definition) is 2. The molecule has 2 rings (SSSR count). The van der Waals surface area contributed by atoms with Crippen LogP contribution in [0.15, 0.2) is 24.8 Å². The van der Waals surface area contributed by atoms with E-state index in [1.165, 1.54) is 77.0 Å². The van der Waals surface area contributed by atoms with E-state index in [4.69, 9.17) is 9.84 Å². The Bertz CT molecular complexity index is 600. The average molecular weight is 537 g/mol. The van der Waals surface area contributed by atoms with Gasteiger partial charge < -0.3 is 14.9 Å². The van der Waals surface area contributed by atoms with E-state index in [9.17, 15) is 9.90 Å². The molecule has 2 fully saturated rings. The summed E-state index contributed by atoms with van der Waals surface area (Å²) >= 11 is 0. The van der Waals surface area contributed by atoms with Crippen LogP contribution in [0.4, 0.5) is 0 Å². The molecule has 224 valence electrons. The molecule has 4 nitrogen and oxygen atoms in total. The zero-order chi connectivity index (χ0) is 28.8. The number of carbonyl (C=O) groups excluding carboxylic acids is 1. The van der Waals surface area contributed by atoms with E-state index in [-0.39, 0.29) is 30.8 Å². The van der Waals surface area contributed by atoms with E-state index < -0.39 is 5.97 Å². The van der Waals surface area contributed by atoms with Crippen molar-refractivity contribution in [1.82, 2.24) is 0 Å². The van der Waals surface area contributed by atoms with Crippen molar-refractivity contribution >= 4 is 5.97 Å². The minimum Gasteiger partial charge on any atom is -0.462 e. The van der Waals surface area contributed by atoms with Gasteiger partial charge in [0.2, 0.25) is 0 Å². The smallest absolute Gasteiger partial charge is 0.335 e. The van der Waals surface area contributed by atoms with Gasteiger partial charge in [0.15, 0.2) is 0 Å². The molecule has 0 heterocycles. The van der Waals surface area contributed by atoms with Crippen molar-refractivity contribution < 1.29 is 19.7 Å². The fourth-order valence-electron chi connectivity index (χ4n) is 6.48. The van der Waals surface area contributed by atoms with Gasteiger partial charge in [0.1, 0.15) is 0 Å². The standard InChI is InChI=1S/C29H52O4.C3H6.C2H6/c1-4-6-7-8-24-9-13-26(14-10-24)27-15-11-25(12-16-27)17-19-29(21-31,18-5-2)22-33-28(32)23(3)20-30;1-3-2;1-2/h24-27,30-31H,3-22H2,1-2H3;3H,1H2,2H3;1-2H3. The van der Waals surface area contributed by atoms with E-state index in [0.29, 0.717) is 0 Å².